The zero-order valence-corrected chi connectivity index (χ0v) is 10.8. The molecule has 17 heavy (non-hydrogen) atoms. The number of halogens is 1. The highest BCUT2D eigenvalue weighted by Crippen LogP contribution is 2.23. The molecule has 0 bridgehead atoms. The van der Waals surface area contributed by atoms with Crippen LogP contribution in [0.5, 0.6) is 0 Å². The van der Waals surface area contributed by atoms with Gasteiger partial charge in [0.25, 0.3) is 0 Å². The summed E-state index contributed by atoms with van der Waals surface area (Å²) in [6.07, 6.45) is 0. The van der Waals surface area contributed by atoms with E-state index >= 15 is 0 Å². The maximum absolute atomic E-state index is 11.4. The second kappa shape index (κ2) is 4.67. The van der Waals surface area contributed by atoms with E-state index in [1.807, 2.05) is 0 Å². The lowest BCUT2D eigenvalue weighted by atomic mass is 10.2. The van der Waals surface area contributed by atoms with Crippen LogP contribution in [0, 0.1) is 6.92 Å². The van der Waals surface area contributed by atoms with Crippen molar-refractivity contribution in [2.45, 2.75) is 6.92 Å². The lowest BCUT2D eigenvalue weighted by Crippen LogP contribution is -2.06. The number of carbonyl (C=O) groups is 1. The van der Waals surface area contributed by atoms with Gasteiger partial charge in [0.05, 0.1) is 7.11 Å². The van der Waals surface area contributed by atoms with Gasteiger partial charge >= 0.3 is 5.97 Å². The highest BCUT2D eigenvalue weighted by molar-refractivity contribution is 9.10. The number of ether oxygens (including phenoxy) is 1. The first-order chi connectivity index (χ1) is 8.10. The van der Waals surface area contributed by atoms with Crippen LogP contribution in [0.1, 0.15) is 16.3 Å². The Morgan fingerprint density at radius 3 is 2.76 bits per heavy atom. The number of carbonyl (C=O) groups excluding carboxylic acids is 1. The van der Waals surface area contributed by atoms with E-state index in [9.17, 15) is 4.79 Å². The van der Waals surface area contributed by atoms with Crippen molar-refractivity contribution in [3.63, 3.8) is 0 Å². The van der Waals surface area contributed by atoms with Crippen molar-refractivity contribution in [3.8, 4) is 11.5 Å². The van der Waals surface area contributed by atoms with Gasteiger partial charge in [0, 0.05) is 6.07 Å². The highest BCUT2D eigenvalue weighted by atomic mass is 79.9. The summed E-state index contributed by atoms with van der Waals surface area (Å²) in [5, 5.41) is 0. The quantitative estimate of drug-likeness (QED) is 0.797. The minimum absolute atomic E-state index is 0.211. The Morgan fingerprint density at radius 1 is 1.41 bits per heavy atom. The molecule has 0 saturated carbocycles. The van der Waals surface area contributed by atoms with Crippen LogP contribution in [0.3, 0.4) is 0 Å². The molecule has 2 rings (SSSR count). The molecular formula is C11H9BrN2O3. The van der Waals surface area contributed by atoms with Crippen LogP contribution in [-0.4, -0.2) is 23.0 Å². The SMILES string of the molecule is COC(=O)c1cc(-c2ccc(Br)o2)nc(C)n1. The fourth-order valence-corrected chi connectivity index (χ4v) is 1.66. The number of hydrogen-bond donors (Lipinski definition) is 0. The summed E-state index contributed by atoms with van der Waals surface area (Å²) in [7, 11) is 1.31. The van der Waals surface area contributed by atoms with Crippen LogP contribution in [0.4, 0.5) is 0 Å². The lowest BCUT2D eigenvalue weighted by molar-refractivity contribution is 0.0593. The number of aromatic nitrogens is 2. The molecule has 0 aliphatic heterocycles. The Balaban J connectivity index is 2.48. The Hall–Kier alpha value is -1.69. The summed E-state index contributed by atoms with van der Waals surface area (Å²) < 4.78 is 10.6. The van der Waals surface area contributed by atoms with Gasteiger partial charge in [0.1, 0.15) is 11.5 Å². The molecule has 0 aromatic carbocycles. The number of esters is 1. The molecule has 0 aliphatic carbocycles. The maximum Gasteiger partial charge on any atom is 0.356 e. The van der Waals surface area contributed by atoms with E-state index in [-0.39, 0.29) is 5.69 Å². The smallest absolute Gasteiger partial charge is 0.356 e. The first-order valence-corrected chi connectivity index (χ1v) is 5.59. The van der Waals surface area contributed by atoms with Crippen LogP contribution >= 0.6 is 15.9 Å². The topological polar surface area (TPSA) is 65.2 Å². The summed E-state index contributed by atoms with van der Waals surface area (Å²) in [4.78, 5) is 19.6. The van der Waals surface area contributed by atoms with Crippen LogP contribution in [0.15, 0.2) is 27.3 Å². The average Bonchev–Trinajstić information content (AvgIpc) is 2.74. The molecule has 0 unspecified atom stereocenters. The number of aryl methyl sites for hydroxylation is 1. The summed E-state index contributed by atoms with van der Waals surface area (Å²) in [5.41, 5.74) is 0.756. The fourth-order valence-electron chi connectivity index (χ4n) is 1.36. The molecular weight excluding hydrogens is 288 g/mol. The van der Waals surface area contributed by atoms with E-state index in [1.165, 1.54) is 13.2 Å². The highest BCUT2D eigenvalue weighted by Gasteiger charge is 2.13. The van der Waals surface area contributed by atoms with Crippen LogP contribution < -0.4 is 0 Å². The van der Waals surface area contributed by atoms with Crippen molar-refractivity contribution >= 4 is 21.9 Å². The van der Waals surface area contributed by atoms with E-state index in [4.69, 9.17) is 4.42 Å². The monoisotopic (exact) mass is 296 g/mol. The van der Waals surface area contributed by atoms with E-state index < -0.39 is 5.97 Å². The molecule has 2 aromatic heterocycles. The predicted octanol–water partition coefficient (Wildman–Crippen LogP) is 2.59. The Labute approximate surface area is 106 Å². The summed E-state index contributed by atoms with van der Waals surface area (Å²) >= 11 is 3.21. The van der Waals surface area contributed by atoms with E-state index in [0.29, 0.717) is 21.9 Å². The first-order valence-electron chi connectivity index (χ1n) is 4.80. The number of furan rings is 1. The summed E-state index contributed by atoms with van der Waals surface area (Å²) in [5.74, 6) is 0.547. The average molecular weight is 297 g/mol. The van der Waals surface area contributed by atoms with Gasteiger partial charge in [-0.25, -0.2) is 14.8 Å². The predicted molar refractivity (Wildman–Crippen MR) is 63.5 cm³/mol. The van der Waals surface area contributed by atoms with Gasteiger partial charge in [-0.15, -0.1) is 0 Å². The van der Waals surface area contributed by atoms with Gasteiger partial charge in [0.15, 0.2) is 16.1 Å². The molecule has 88 valence electrons. The molecule has 2 aromatic rings. The third kappa shape index (κ3) is 2.52. The van der Waals surface area contributed by atoms with Gasteiger partial charge in [0.2, 0.25) is 0 Å². The summed E-state index contributed by atoms with van der Waals surface area (Å²) in [6.45, 7) is 1.70. The zero-order chi connectivity index (χ0) is 12.4. The van der Waals surface area contributed by atoms with Gasteiger partial charge in [-0.2, -0.15) is 0 Å². The minimum Gasteiger partial charge on any atom is -0.464 e. The van der Waals surface area contributed by atoms with Crippen LogP contribution in [0.2, 0.25) is 0 Å². The van der Waals surface area contributed by atoms with E-state index in [2.05, 4.69) is 30.6 Å². The second-order valence-electron chi connectivity index (χ2n) is 3.28. The zero-order valence-electron chi connectivity index (χ0n) is 9.23. The van der Waals surface area contributed by atoms with Crippen LogP contribution in [0.25, 0.3) is 11.5 Å². The first kappa shape index (κ1) is 11.8. The van der Waals surface area contributed by atoms with Crippen molar-refractivity contribution < 1.29 is 13.9 Å². The largest absolute Gasteiger partial charge is 0.464 e. The number of nitrogens with zero attached hydrogens (tertiary/aromatic N) is 2. The van der Waals surface area contributed by atoms with Gasteiger partial charge in [-0.1, -0.05) is 0 Å². The second-order valence-corrected chi connectivity index (χ2v) is 4.06. The van der Waals surface area contributed by atoms with E-state index in [1.54, 1.807) is 19.1 Å². The lowest BCUT2D eigenvalue weighted by Gasteiger charge is -2.02. The van der Waals surface area contributed by atoms with Crippen molar-refractivity contribution in [3.05, 3.63) is 34.4 Å². The summed E-state index contributed by atoms with van der Waals surface area (Å²) in [6, 6.07) is 5.04. The molecule has 0 amide bonds. The van der Waals surface area contributed by atoms with Crippen molar-refractivity contribution in [1.29, 1.82) is 0 Å². The molecule has 0 atom stereocenters. The molecule has 6 heteroatoms. The van der Waals surface area contributed by atoms with Gasteiger partial charge < -0.3 is 9.15 Å². The molecule has 0 N–H and O–H groups in total. The van der Waals surface area contributed by atoms with Crippen LogP contribution in [-0.2, 0) is 4.74 Å². The molecule has 0 radical (unpaired) electrons. The molecule has 2 heterocycles. The van der Waals surface area contributed by atoms with Gasteiger partial charge in [-0.3, -0.25) is 0 Å². The van der Waals surface area contributed by atoms with E-state index in [0.717, 1.165) is 0 Å². The number of methoxy groups -OCH3 is 1. The minimum atomic E-state index is -0.498. The van der Waals surface area contributed by atoms with Gasteiger partial charge in [-0.05, 0) is 35.0 Å². The maximum atomic E-state index is 11.4. The molecule has 0 fully saturated rings. The fraction of sp³-hybridized carbons (Fsp3) is 0.182. The molecule has 0 aliphatic rings. The Kier molecular flexibility index (Phi) is 3.23. The Bertz CT molecular complexity index is 566. The molecule has 0 saturated heterocycles. The molecule has 5 nitrogen and oxygen atoms in total. The van der Waals surface area contributed by atoms with Crippen molar-refractivity contribution in [2.75, 3.05) is 7.11 Å². The van der Waals surface area contributed by atoms with Crippen molar-refractivity contribution in [2.24, 2.45) is 0 Å². The Morgan fingerprint density at radius 2 is 2.18 bits per heavy atom. The number of rotatable bonds is 2. The molecule has 0 spiro atoms. The standard InChI is InChI=1S/C11H9BrN2O3/c1-6-13-7(9-3-4-10(12)17-9)5-8(14-6)11(15)16-2/h3-5H,1-2H3. The third-order valence-corrected chi connectivity index (χ3v) is 2.48. The third-order valence-electron chi connectivity index (χ3n) is 2.06. The normalized spacial score (nSPS) is 10.3. The van der Waals surface area contributed by atoms with Crippen molar-refractivity contribution in [1.82, 2.24) is 9.97 Å². The number of hydrogen-bond acceptors (Lipinski definition) is 5.